The number of anilines is 1. The molecule has 0 unspecified atom stereocenters. The molecule has 4 N–H and O–H groups in total. The summed E-state index contributed by atoms with van der Waals surface area (Å²) in [6, 6.07) is 8.18. The molecule has 8 heteroatoms. The second kappa shape index (κ2) is 7.46. The molecule has 3 aromatic rings. The highest BCUT2D eigenvalue weighted by Crippen LogP contribution is 2.45. The Morgan fingerprint density at radius 3 is 2.34 bits per heavy atom. The summed E-state index contributed by atoms with van der Waals surface area (Å²) in [6.07, 6.45) is 9.72. The molecular weight excluding hydrogens is 366 g/mol. The summed E-state index contributed by atoms with van der Waals surface area (Å²) in [7, 11) is 3.59. The molecule has 0 bridgehead atoms. The van der Waals surface area contributed by atoms with Crippen LogP contribution in [-0.2, 0) is 12.5 Å². The molecule has 1 aliphatic carbocycles. The van der Waals surface area contributed by atoms with E-state index in [2.05, 4.69) is 37.5 Å². The number of rotatable bonds is 5. The number of aromatic nitrogens is 4. The average molecular weight is 390 g/mol. The van der Waals surface area contributed by atoms with Crippen LogP contribution >= 0.6 is 0 Å². The molecular formula is C21H24N7O+. The summed E-state index contributed by atoms with van der Waals surface area (Å²) >= 11 is 0. The Labute approximate surface area is 168 Å². The molecule has 4 rings (SSSR count). The van der Waals surface area contributed by atoms with E-state index in [1.54, 1.807) is 43.6 Å². The maximum atomic E-state index is 8.62. The largest absolute Gasteiger partial charge is 0.578 e. The Morgan fingerprint density at radius 2 is 1.83 bits per heavy atom. The Bertz CT molecular complexity index is 1050. The summed E-state index contributed by atoms with van der Waals surface area (Å²) in [5.74, 6) is 0.907. The van der Waals surface area contributed by atoms with Gasteiger partial charge in [-0.1, -0.05) is 30.7 Å². The molecule has 148 valence electrons. The lowest BCUT2D eigenvalue weighted by atomic mass is 9.63. The van der Waals surface area contributed by atoms with Crippen LogP contribution in [0.1, 0.15) is 30.4 Å². The van der Waals surface area contributed by atoms with E-state index in [4.69, 9.17) is 10.5 Å². The van der Waals surface area contributed by atoms with E-state index < -0.39 is 5.41 Å². The molecule has 29 heavy (non-hydrogen) atoms. The number of benzene rings is 1. The van der Waals surface area contributed by atoms with Gasteiger partial charge in [-0.2, -0.15) is 5.10 Å². The van der Waals surface area contributed by atoms with E-state index in [0.717, 1.165) is 36.0 Å². The summed E-state index contributed by atoms with van der Waals surface area (Å²) in [5, 5.41) is 23.8. The fourth-order valence-corrected chi connectivity index (χ4v) is 3.61. The van der Waals surface area contributed by atoms with Crippen molar-refractivity contribution in [1.82, 2.24) is 19.7 Å². The van der Waals surface area contributed by atoms with Crippen molar-refractivity contribution in [2.75, 3.05) is 12.4 Å². The summed E-state index contributed by atoms with van der Waals surface area (Å²) in [5.41, 5.74) is 3.23. The van der Waals surface area contributed by atoms with E-state index in [0.29, 0.717) is 11.5 Å². The SMILES string of the molecule is CNc1ncc(-c2ccc(C3(C(=N)N=C([OH2+])c4cnn(C)c4)CCC3)cc2)cn1. The van der Waals surface area contributed by atoms with Crippen LogP contribution in [0.5, 0.6) is 0 Å². The van der Waals surface area contributed by atoms with Gasteiger partial charge in [0.15, 0.2) is 0 Å². The third kappa shape index (κ3) is 3.49. The molecule has 0 radical (unpaired) electrons. The van der Waals surface area contributed by atoms with Gasteiger partial charge in [0.05, 0.1) is 11.6 Å². The Morgan fingerprint density at radius 1 is 1.14 bits per heavy atom. The number of aliphatic imine (C=N–C) groups is 1. The normalized spacial score (nSPS) is 15.6. The molecule has 0 amide bonds. The zero-order valence-electron chi connectivity index (χ0n) is 16.5. The molecule has 0 spiro atoms. The number of hydrogen-bond acceptors (Lipinski definition) is 5. The number of nitrogens with zero attached hydrogens (tertiary/aromatic N) is 5. The highest BCUT2D eigenvalue weighted by molar-refractivity contribution is 6.04. The van der Waals surface area contributed by atoms with Crippen molar-refractivity contribution < 1.29 is 5.11 Å². The van der Waals surface area contributed by atoms with Crippen LogP contribution in [0.4, 0.5) is 5.95 Å². The minimum Gasteiger partial charge on any atom is -0.578 e. The second-order valence-corrected chi connectivity index (χ2v) is 7.27. The van der Waals surface area contributed by atoms with E-state index in [-0.39, 0.29) is 11.7 Å². The van der Waals surface area contributed by atoms with Crippen molar-refractivity contribution in [3.05, 3.63) is 60.2 Å². The van der Waals surface area contributed by atoms with Gasteiger partial charge in [0.25, 0.3) is 0 Å². The number of aryl methyl sites for hydroxylation is 1. The molecule has 8 nitrogen and oxygen atoms in total. The summed E-state index contributed by atoms with van der Waals surface area (Å²) in [6.45, 7) is 0. The first-order valence-corrected chi connectivity index (χ1v) is 9.51. The summed E-state index contributed by atoms with van der Waals surface area (Å²) < 4.78 is 1.63. The molecule has 1 aromatic carbocycles. The summed E-state index contributed by atoms with van der Waals surface area (Å²) in [4.78, 5) is 12.8. The fourth-order valence-electron chi connectivity index (χ4n) is 3.61. The van der Waals surface area contributed by atoms with Gasteiger partial charge in [-0.15, -0.1) is 4.99 Å². The third-order valence-corrected chi connectivity index (χ3v) is 5.51. The monoisotopic (exact) mass is 390 g/mol. The first kappa shape index (κ1) is 18.8. The van der Waals surface area contributed by atoms with E-state index >= 15 is 0 Å². The van der Waals surface area contributed by atoms with Crippen molar-refractivity contribution in [2.45, 2.75) is 24.7 Å². The van der Waals surface area contributed by atoms with E-state index in [1.165, 1.54) is 0 Å². The van der Waals surface area contributed by atoms with Gasteiger partial charge < -0.3 is 10.4 Å². The highest BCUT2D eigenvalue weighted by atomic mass is 16.3. The van der Waals surface area contributed by atoms with Gasteiger partial charge in [0.1, 0.15) is 11.4 Å². The lowest BCUT2D eigenvalue weighted by Gasteiger charge is -2.41. The van der Waals surface area contributed by atoms with Crippen molar-refractivity contribution in [3.63, 3.8) is 0 Å². The van der Waals surface area contributed by atoms with Gasteiger partial charge in [-0.25, -0.2) is 9.97 Å². The zero-order valence-corrected chi connectivity index (χ0v) is 16.5. The molecule has 0 aliphatic heterocycles. The first-order chi connectivity index (χ1) is 14.0. The maximum absolute atomic E-state index is 8.62. The van der Waals surface area contributed by atoms with Crippen LogP contribution in [0.2, 0.25) is 0 Å². The van der Waals surface area contributed by atoms with Crippen LogP contribution in [0.3, 0.4) is 0 Å². The maximum Gasteiger partial charge on any atom is 0.369 e. The predicted octanol–water partition coefficient (Wildman–Crippen LogP) is 2.49. The van der Waals surface area contributed by atoms with Gasteiger partial charge in [-0.3, -0.25) is 10.1 Å². The molecule has 1 fully saturated rings. The fraction of sp³-hybridized carbons (Fsp3) is 0.286. The van der Waals surface area contributed by atoms with Crippen molar-refractivity contribution in [3.8, 4) is 11.1 Å². The molecule has 1 saturated carbocycles. The van der Waals surface area contributed by atoms with Crippen LogP contribution in [0, 0.1) is 5.41 Å². The van der Waals surface area contributed by atoms with Crippen molar-refractivity contribution in [2.24, 2.45) is 12.0 Å². The Kier molecular flexibility index (Phi) is 4.84. The van der Waals surface area contributed by atoms with Crippen LogP contribution in [-0.4, -0.2) is 43.6 Å². The standard InChI is InChI=1S/C21H23N7O/c1-23-20-24-10-15(11-25-20)14-4-6-17(7-5-14)21(8-3-9-21)19(22)27-18(29)16-12-26-28(2)13-16/h4-7,10-13H,3,8-9H2,1-2H3,(H2,22,27,29)(H,23,24,25)/p+1. The third-order valence-electron chi connectivity index (χ3n) is 5.51. The van der Waals surface area contributed by atoms with Crippen LogP contribution in [0.25, 0.3) is 11.1 Å². The molecule has 2 heterocycles. The van der Waals surface area contributed by atoms with Gasteiger partial charge >= 0.3 is 5.90 Å². The molecule has 2 aromatic heterocycles. The van der Waals surface area contributed by atoms with Crippen molar-refractivity contribution >= 4 is 17.7 Å². The number of amidine groups is 1. The lowest BCUT2D eigenvalue weighted by Crippen LogP contribution is -2.41. The number of hydrogen-bond donors (Lipinski definition) is 2. The quantitative estimate of drug-likeness (QED) is 0.396. The zero-order chi connectivity index (χ0) is 20.4. The minimum absolute atomic E-state index is 0.0766. The highest BCUT2D eigenvalue weighted by Gasteiger charge is 2.43. The van der Waals surface area contributed by atoms with Crippen LogP contribution < -0.4 is 5.32 Å². The van der Waals surface area contributed by atoms with E-state index in [9.17, 15) is 0 Å². The van der Waals surface area contributed by atoms with Gasteiger partial charge in [0, 0.05) is 38.2 Å². The van der Waals surface area contributed by atoms with Gasteiger partial charge in [0.2, 0.25) is 5.95 Å². The molecule has 0 atom stereocenters. The first-order valence-electron chi connectivity index (χ1n) is 9.51. The molecule has 1 aliphatic rings. The molecule has 0 saturated heterocycles. The minimum atomic E-state index is -0.417. The predicted molar refractivity (Wildman–Crippen MR) is 114 cm³/mol. The second-order valence-electron chi connectivity index (χ2n) is 7.27. The Hall–Kier alpha value is -3.55. The van der Waals surface area contributed by atoms with Crippen LogP contribution in [0.15, 0.2) is 54.0 Å². The smallest absolute Gasteiger partial charge is 0.369 e. The van der Waals surface area contributed by atoms with Crippen molar-refractivity contribution in [1.29, 1.82) is 5.41 Å². The van der Waals surface area contributed by atoms with E-state index in [1.807, 2.05) is 12.1 Å². The Balaban J connectivity index is 1.58. The number of nitrogens with one attached hydrogen (secondary N) is 2. The van der Waals surface area contributed by atoms with Gasteiger partial charge in [-0.05, 0) is 24.0 Å². The average Bonchev–Trinajstić information content (AvgIpc) is 3.14. The topological polar surface area (TPSA) is 115 Å². The lowest BCUT2D eigenvalue weighted by molar-refractivity contribution is 0.336.